The van der Waals surface area contributed by atoms with Gasteiger partial charge in [-0.2, -0.15) is 4.90 Å². The average molecular weight is 509 g/mol. The van der Waals surface area contributed by atoms with Crippen molar-refractivity contribution in [2.45, 2.75) is 59.7 Å². The van der Waals surface area contributed by atoms with Gasteiger partial charge in [0.25, 0.3) is 0 Å². The van der Waals surface area contributed by atoms with Crippen LogP contribution in [0.4, 0.5) is 15.4 Å². The maximum absolute atomic E-state index is 12.8. The maximum Gasteiger partial charge on any atom is 0.425 e. The predicted molar refractivity (Wildman–Crippen MR) is 110 cm³/mol. The highest BCUT2D eigenvalue weighted by atomic mass is 127. The van der Waals surface area contributed by atoms with E-state index in [1.54, 1.807) is 52.9 Å². The van der Waals surface area contributed by atoms with Crippen molar-refractivity contribution in [1.82, 2.24) is 14.4 Å². The molecule has 0 spiro atoms. The number of ether oxygens (including phenoxy) is 2. The summed E-state index contributed by atoms with van der Waals surface area (Å²) in [5.41, 5.74) is -0.708. The molecule has 2 aromatic heterocycles. The van der Waals surface area contributed by atoms with Crippen molar-refractivity contribution in [3.05, 3.63) is 20.7 Å². The number of imidazole rings is 1. The van der Waals surface area contributed by atoms with Crippen molar-refractivity contribution < 1.29 is 19.1 Å². The molecule has 2 heterocycles. The van der Waals surface area contributed by atoms with Crippen LogP contribution in [0.2, 0.25) is 5.15 Å². The molecule has 0 aliphatic rings. The fourth-order valence-electron chi connectivity index (χ4n) is 2.10. The van der Waals surface area contributed by atoms with Gasteiger partial charge in [0.1, 0.15) is 20.1 Å². The highest BCUT2D eigenvalue weighted by Crippen LogP contribution is 2.28. The normalized spacial score (nSPS) is 12.2. The zero-order valence-electron chi connectivity index (χ0n) is 16.3. The second-order valence-electron chi connectivity index (χ2n) is 7.85. The van der Waals surface area contributed by atoms with Crippen molar-refractivity contribution >= 4 is 57.8 Å². The van der Waals surface area contributed by atoms with Gasteiger partial charge in [-0.15, -0.1) is 0 Å². The molecule has 0 aliphatic heterocycles. The summed E-state index contributed by atoms with van der Waals surface area (Å²) >= 11 is 8.31. The highest BCUT2D eigenvalue weighted by molar-refractivity contribution is 14.1. The Bertz CT molecular complexity index is 871. The van der Waals surface area contributed by atoms with Crippen molar-refractivity contribution in [3.8, 4) is 0 Å². The number of amides is 2. The smallest absolute Gasteiger partial charge is 0.425 e. The molecule has 2 rings (SSSR count). The first-order chi connectivity index (χ1) is 12.2. The van der Waals surface area contributed by atoms with Gasteiger partial charge in [-0.05, 0) is 71.1 Å². The largest absolute Gasteiger partial charge is 0.443 e. The summed E-state index contributed by atoms with van der Waals surface area (Å²) in [4.78, 5) is 34.9. The summed E-state index contributed by atoms with van der Waals surface area (Å²) in [5, 5.41) is 0.298. The van der Waals surface area contributed by atoms with E-state index in [1.165, 1.54) is 6.20 Å². The van der Waals surface area contributed by atoms with Crippen LogP contribution < -0.4 is 4.90 Å². The number of hydrogen-bond donors (Lipinski definition) is 0. The number of rotatable bonds is 1. The first-order valence-corrected chi connectivity index (χ1v) is 9.62. The SMILES string of the molecule is Cc1nc2c(N(C(=O)OC(C)(C)C)C(=O)OC(C)(C)C)ncc(Cl)n2c1I. The molecule has 0 saturated carbocycles. The summed E-state index contributed by atoms with van der Waals surface area (Å²) in [7, 11) is 0. The molecule has 148 valence electrons. The van der Waals surface area contributed by atoms with E-state index in [9.17, 15) is 9.59 Å². The third-order valence-electron chi connectivity index (χ3n) is 3.05. The summed E-state index contributed by atoms with van der Waals surface area (Å²) < 4.78 is 13.1. The number of carbonyl (C=O) groups excluding carboxylic acids is 2. The lowest BCUT2D eigenvalue weighted by atomic mass is 10.2. The van der Waals surface area contributed by atoms with Gasteiger partial charge >= 0.3 is 12.2 Å². The number of aryl methyl sites for hydroxylation is 1. The Hall–Kier alpha value is -1.62. The van der Waals surface area contributed by atoms with Crippen LogP contribution in [0.25, 0.3) is 5.65 Å². The van der Waals surface area contributed by atoms with Crippen molar-refractivity contribution in [2.24, 2.45) is 0 Å². The molecule has 0 aromatic carbocycles. The molecular formula is C17H22ClIN4O4. The minimum Gasteiger partial charge on any atom is -0.443 e. The van der Waals surface area contributed by atoms with Crippen LogP contribution in [0, 0.1) is 10.6 Å². The second kappa shape index (κ2) is 7.42. The van der Waals surface area contributed by atoms with Crippen LogP contribution in [0.1, 0.15) is 47.2 Å². The number of carbonyl (C=O) groups is 2. The van der Waals surface area contributed by atoms with E-state index in [0.29, 0.717) is 10.8 Å². The molecule has 2 aromatic rings. The van der Waals surface area contributed by atoms with Gasteiger partial charge in [-0.3, -0.25) is 4.40 Å². The summed E-state index contributed by atoms with van der Waals surface area (Å²) in [5.74, 6) is -0.0195. The van der Waals surface area contributed by atoms with Crippen molar-refractivity contribution in [2.75, 3.05) is 4.90 Å². The molecule has 2 amide bonds. The zero-order chi connectivity index (χ0) is 20.7. The first-order valence-electron chi connectivity index (χ1n) is 8.16. The second-order valence-corrected chi connectivity index (χ2v) is 9.26. The lowest BCUT2D eigenvalue weighted by molar-refractivity contribution is 0.0429. The van der Waals surface area contributed by atoms with Gasteiger partial charge in [-0.1, -0.05) is 11.6 Å². The molecule has 0 saturated heterocycles. The van der Waals surface area contributed by atoms with Gasteiger partial charge in [0, 0.05) is 0 Å². The van der Waals surface area contributed by atoms with Gasteiger partial charge in [0.05, 0.1) is 11.9 Å². The molecule has 0 atom stereocenters. The molecule has 0 aliphatic carbocycles. The van der Waals surface area contributed by atoms with E-state index in [0.717, 1.165) is 8.60 Å². The number of anilines is 1. The molecule has 10 heteroatoms. The van der Waals surface area contributed by atoms with E-state index in [2.05, 4.69) is 32.6 Å². The van der Waals surface area contributed by atoms with Gasteiger partial charge in [0.15, 0.2) is 11.5 Å². The monoisotopic (exact) mass is 508 g/mol. The van der Waals surface area contributed by atoms with E-state index >= 15 is 0 Å². The van der Waals surface area contributed by atoms with E-state index in [4.69, 9.17) is 21.1 Å². The van der Waals surface area contributed by atoms with Crippen LogP contribution in [0.5, 0.6) is 0 Å². The third kappa shape index (κ3) is 5.01. The van der Waals surface area contributed by atoms with E-state index in [1.807, 2.05) is 0 Å². The molecule has 27 heavy (non-hydrogen) atoms. The first kappa shape index (κ1) is 21.7. The molecule has 0 unspecified atom stereocenters. The Kier molecular flexibility index (Phi) is 5.96. The number of aromatic nitrogens is 3. The minimum absolute atomic E-state index is 0.0195. The van der Waals surface area contributed by atoms with E-state index < -0.39 is 23.4 Å². The standard InChI is InChI=1S/C17H22ClIN4O4/c1-9-11(19)22-10(18)8-20-12(13(22)21-9)23(14(24)26-16(2,3)4)15(25)27-17(5,6)7/h8H,1-7H3. The molecule has 0 N–H and O–H groups in total. The lowest BCUT2D eigenvalue weighted by Crippen LogP contribution is -2.44. The number of halogens is 2. The van der Waals surface area contributed by atoms with Crippen LogP contribution in [0.15, 0.2) is 6.20 Å². The van der Waals surface area contributed by atoms with Gasteiger partial charge in [-0.25, -0.2) is 19.6 Å². The van der Waals surface area contributed by atoms with Crippen LogP contribution in [0.3, 0.4) is 0 Å². The molecule has 0 fully saturated rings. The van der Waals surface area contributed by atoms with Gasteiger partial charge in [0.2, 0.25) is 0 Å². The molecule has 8 nitrogen and oxygen atoms in total. The Balaban J connectivity index is 2.65. The van der Waals surface area contributed by atoms with Crippen molar-refractivity contribution in [1.29, 1.82) is 0 Å². The van der Waals surface area contributed by atoms with Crippen LogP contribution in [-0.2, 0) is 9.47 Å². The number of imide groups is 1. The Morgan fingerprint density at radius 3 is 2.04 bits per heavy atom. The van der Waals surface area contributed by atoms with Crippen molar-refractivity contribution in [3.63, 3.8) is 0 Å². The topological polar surface area (TPSA) is 86.0 Å². The van der Waals surface area contributed by atoms with Crippen LogP contribution in [-0.4, -0.2) is 37.8 Å². The quantitative estimate of drug-likeness (QED) is 0.506. The highest BCUT2D eigenvalue weighted by Gasteiger charge is 2.36. The lowest BCUT2D eigenvalue weighted by Gasteiger charge is -2.28. The average Bonchev–Trinajstić information content (AvgIpc) is 2.74. The zero-order valence-corrected chi connectivity index (χ0v) is 19.2. The maximum atomic E-state index is 12.8. The number of hydrogen-bond acceptors (Lipinski definition) is 6. The summed E-state index contributed by atoms with van der Waals surface area (Å²) in [6.45, 7) is 12.0. The Morgan fingerprint density at radius 1 is 1.11 bits per heavy atom. The minimum atomic E-state index is -0.913. The van der Waals surface area contributed by atoms with Gasteiger partial charge < -0.3 is 9.47 Å². The summed E-state index contributed by atoms with van der Waals surface area (Å²) in [6, 6.07) is 0. The fourth-order valence-corrected chi connectivity index (χ4v) is 3.07. The number of nitrogens with zero attached hydrogens (tertiary/aromatic N) is 4. The number of fused-ring (bicyclic) bond motifs is 1. The van der Waals surface area contributed by atoms with Crippen LogP contribution >= 0.6 is 34.2 Å². The molecule has 0 bridgehead atoms. The predicted octanol–water partition coefficient (Wildman–Crippen LogP) is 4.97. The molecule has 0 radical (unpaired) electrons. The fraction of sp³-hybridized carbons (Fsp3) is 0.529. The summed E-state index contributed by atoms with van der Waals surface area (Å²) in [6.07, 6.45) is -0.484. The third-order valence-corrected chi connectivity index (χ3v) is 4.58. The molecular weight excluding hydrogens is 487 g/mol. The Morgan fingerprint density at radius 2 is 1.59 bits per heavy atom. The Labute approximate surface area is 176 Å². The van der Waals surface area contributed by atoms with E-state index in [-0.39, 0.29) is 11.5 Å².